The van der Waals surface area contributed by atoms with Crippen LogP contribution in [0.25, 0.3) is 10.7 Å². The van der Waals surface area contributed by atoms with E-state index in [2.05, 4.69) is 10.4 Å². The zero-order valence-electron chi connectivity index (χ0n) is 15.7. The van der Waals surface area contributed by atoms with E-state index in [-0.39, 0.29) is 36.1 Å². The van der Waals surface area contributed by atoms with E-state index in [0.717, 1.165) is 17.7 Å². The Bertz CT molecular complexity index is 1130. The molecule has 0 aliphatic heterocycles. The van der Waals surface area contributed by atoms with Crippen molar-refractivity contribution in [1.29, 1.82) is 0 Å². The van der Waals surface area contributed by atoms with Crippen LogP contribution in [0.2, 0.25) is 0 Å². The smallest absolute Gasteiger partial charge is 0.346 e. The van der Waals surface area contributed by atoms with Crippen LogP contribution < -0.4 is 11.0 Å². The lowest BCUT2D eigenvalue weighted by Gasteiger charge is -2.07. The van der Waals surface area contributed by atoms with E-state index in [4.69, 9.17) is 0 Å². The highest BCUT2D eigenvalue weighted by Crippen LogP contribution is 2.37. The number of thiophene rings is 1. The van der Waals surface area contributed by atoms with Gasteiger partial charge in [-0.1, -0.05) is 12.1 Å². The maximum Gasteiger partial charge on any atom is 0.346 e. The molecule has 0 unspecified atom stereocenters. The molecule has 1 aliphatic rings. The molecule has 9 nitrogen and oxygen atoms in total. The lowest BCUT2D eigenvalue weighted by molar-refractivity contribution is -0.385. The summed E-state index contributed by atoms with van der Waals surface area (Å²) in [4.78, 5) is 36.7. The van der Waals surface area contributed by atoms with Crippen molar-refractivity contribution in [2.24, 2.45) is 0 Å². The lowest BCUT2D eigenvalue weighted by Crippen LogP contribution is -2.32. The highest BCUT2D eigenvalue weighted by atomic mass is 32.1. The molecule has 4 rings (SSSR count). The van der Waals surface area contributed by atoms with Gasteiger partial charge in [-0.25, -0.2) is 9.48 Å². The van der Waals surface area contributed by atoms with Gasteiger partial charge in [0.05, 0.1) is 16.3 Å². The Kier molecular flexibility index (Phi) is 5.01. The average molecular weight is 413 g/mol. The van der Waals surface area contributed by atoms with Crippen LogP contribution in [0.1, 0.15) is 34.8 Å². The number of rotatable bonds is 7. The molecule has 1 amide bonds. The zero-order valence-corrected chi connectivity index (χ0v) is 16.5. The molecule has 0 atom stereocenters. The van der Waals surface area contributed by atoms with Gasteiger partial charge in [-0.05, 0) is 37.3 Å². The minimum atomic E-state index is -0.512. The van der Waals surface area contributed by atoms with Crippen molar-refractivity contribution in [1.82, 2.24) is 19.7 Å². The molecular weight excluding hydrogens is 394 g/mol. The predicted molar refractivity (Wildman–Crippen MR) is 108 cm³/mol. The number of hydrogen-bond donors (Lipinski definition) is 1. The van der Waals surface area contributed by atoms with Crippen LogP contribution in [0.4, 0.5) is 5.69 Å². The molecule has 1 aliphatic carbocycles. The first-order valence-electron chi connectivity index (χ1n) is 9.23. The van der Waals surface area contributed by atoms with Crippen LogP contribution in [-0.2, 0) is 6.54 Å². The second-order valence-electron chi connectivity index (χ2n) is 6.87. The van der Waals surface area contributed by atoms with Crippen molar-refractivity contribution < 1.29 is 9.72 Å². The molecule has 0 saturated heterocycles. The van der Waals surface area contributed by atoms with E-state index in [1.165, 1.54) is 28.2 Å². The summed E-state index contributed by atoms with van der Waals surface area (Å²) in [7, 11) is 0. The third-order valence-corrected chi connectivity index (χ3v) is 5.75. The predicted octanol–water partition coefficient (Wildman–Crippen LogP) is 2.75. The minimum absolute atomic E-state index is 0.0994. The van der Waals surface area contributed by atoms with Gasteiger partial charge in [-0.15, -0.1) is 16.4 Å². The summed E-state index contributed by atoms with van der Waals surface area (Å²) in [5.74, 6) is 0.243. The van der Waals surface area contributed by atoms with Crippen molar-refractivity contribution in [2.75, 3.05) is 6.54 Å². The maximum atomic E-state index is 12.8. The second kappa shape index (κ2) is 7.63. The Morgan fingerprint density at radius 2 is 2.14 bits per heavy atom. The van der Waals surface area contributed by atoms with Crippen molar-refractivity contribution in [3.05, 3.63) is 67.4 Å². The topological polar surface area (TPSA) is 112 Å². The molecule has 1 saturated carbocycles. The summed E-state index contributed by atoms with van der Waals surface area (Å²) >= 11 is 1.53. The van der Waals surface area contributed by atoms with Crippen molar-refractivity contribution in [2.45, 2.75) is 32.4 Å². The fourth-order valence-corrected chi connectivity index (χ4v) is 3.94. The van der Waals surface area contributed by atoms with Crippen LogP contribution in [0.15, 0.2) is 40.5 Å². The molecule has 0 spiro atoms. The van der Waals surface area contributed by atoms with Crippen LogP contribution in [0.5, 0.6) is 0 Å². The van der Waals surface area contributed by atoms with E-state index >= 15 is 0 Å². The first kappa shape index (κ1) is 19.1. The van der Waals surface area contributed by atoms with Crippen LogP contribution >= 0.6 is 11.3 Å². The number of carbonyl (C=O) groups excluding carboxylic acids is 1. The highest BCUT2D eigenvalue weighted by molar-refractivity contribution is 7.13. The number of amides is 1. The van der Waals surface area contributed by atoms with Crippen LogP contribution in [0, 0.1) is 17.0 Å². The lowest BCUT2D eigenvalue weighted by atomic mass is 10.1. The molecule has 2 heterocycles. The second-order valence-corrected chi connectivity index (χ2v) is 7.82. The Labute approximate surface area is 169 Å². The molecule has 0 bridgehead atoms. The number of nitro benzene ring substituents is 1. The molecule has 29 heavy (non-hydrogen) atoms. The van der Waals surface area contributed by atoms with Gasteiger partial charge in [0.2, 0.25) is 0 Å². The van der Waals surface area contributed by atoms with Gasteiger partial charge in [-0.3, -0.25) is 19.5 Å². The summed E-state index contributed by atoms with van der Waals surface area (Å²) in [6.45, 7) is 1.95. The number of benzene rings is 1. The minimum Gasteiger partial charge on any atom is -0.350 e. The van der Waals surface area contributed by atoms with Gasteiger partial charge in [0.1, 0.15) is 0 Å². The van der Waals surface area contributed by atoms with Gasteiger partial charge in [-0.2, -0.15) is 0 Å². The summed E-state index contributed by atoms with van der Waals surface area (Å²) in [6.07, 6.45) is 1.93. The standard InChI is InChI=1S/C19H19N5O4S/c1-12-14(4-2-5-15(12)24(27)28)18(25)20-9-10-22-19(26)23(13-7-8-13)17(21-22)16-6-3-11-29-16/h2-6,11,13H,7-10H2,1H3,(H,20,25). The van der Waals surface area contributed by atoms with Gasteiger partial charge < -0.3 is 5.32 Å². The summed E-state index contributed by atoms with van der Waals surface area (Å²) in [6, 6.07) is 8.43. The van der Waals surface area contributed by atoms with Crippen molar-refractivity contribution in [3.63, 3.8) is 0 Å². The van der Waals surface area contributed by atoms with Crippen molar-refractivity contribution in [3.8, 4) is 10.7 Å². The Morgan fingerprint density at radius 1 is 1.34 bits per heavy atom. The quantitative estimate of drug-likeness (QED) is 0.473. The first-order chi connectivity index (χ1) is 14.0. The van der Waals surface area contributed by atoms with E-state index in [0.29, 0.717) is 11.4 Å². The monoisotopic (exact) mass is 413 g/mol. The van der Waals surface area contributed by atoms with Gasteiger partial charge in [0.25, 0.3) is 11.6 Å². The fraction of sp³-hybridized carbons (Fsp3) is 0.316. The zero-order chi connectivity index (χ0) is 20.5. The molecule has 150 valence electrons. The summed E-state index contributed by atoms with van der Waals surface area (Å²) in [5, 5.41) is 20.2. The van der Waals surface area contributed by atoms with Gasteiger partial charge >= 0.3 is 5.69 Å². The average Bonchev–Trinajstić information content (AvgIpc) is 3.26. The molecule has 10 heteroatoms. The first-order valence-corrected chi connectivity index (χ1v) is 10.1. The third kappa shape index (κ3) is 3.70. The van der Waals surface area contributed by atoms with Crippen LogP contribution in [0.3, 0.4) is 0 Å². The largest absolute Gasteiger partial charge is 0.350 e. The van der Waals surface area contributed by atoms with E-state index in [1.54, 1.807) is 17.6 Å². The molecule has 1 fully saturated rings. The molecule has 3 aromatic rings. The Morgan fingerprint density at radius 3 is 2.79 bits per heavy atom. The Balaban J connectivity index is 1.49. The number of nitrogens with zero attached hydrogens (tertiary/aromatic N) is 4. The number of nitro groups is 1. The highest BCUT2D eigenvalue weighted by Gasteiger charge is 2.30. The molecular formula is C19H19N5O4S. The number of carbonyl (C=O) groups is 1. The van der Waals surface area contributed by atoms with Gasteiger partial charge in [0.15, 0.2) is 5.82 Å². The maximum absolute atomic E-state index is 12.8. The summed E-state index contributed by atoms with van der Waals surface area (Å²) in [5.41, 5.74) is 0.272. The molecule has 1 aromatic carbocycles. The third-order valence-electron chi connectivity index (χ3n) is 4.88. The number of hydrogen-bond acceptors (Lipinski definition) is 6. The molecule has 1 N–H and O–H groups in total. The SMILES string of the molecule is Cc1c(C(=O)NCCn2nc(-c3cccs3)n(C3CC3)c2=O)cccc1[N+](=O)[O-]. The van der Waals surface area contributed by atoms with E-state index < -0.39 is 10.8 Å². The summed E-state index contributed by atoms with van der Waals surface area (Å²) < 4.78 is 3.10. The fourth-order valence-electron chi connectivity index (χ4n) is 3.24. The van der Waals surface area contributed by atoms with Gasteiger partial charge in [0, 0.05) is 29.8 Å². The number of nitrogens with one attached hydrogen (secondary N) is 1. The normalized spacial score (nSPS) is 13.4. The number of aromatic nitrogens is 3. The van der Waals surface area contributed by atoms with Crippen molar-refractivity contribution >= 4 is 22.9 Å². The van der Waals surface area contributed by atoms with E-state index in [1.807, 2.05) is 17.5 Å². The van der Waals surface area contributed by atoms with E-state index in [9.17, 15) is 19.7 Å². The molecule has 0 radical (unpaired) electrons. The molecule has 2 aromatic heterocycles. The Hall–Kier alpha value is -3.27. The van der Waals surface area contributed by atoms with Crippen LogP contribution in [-0.4, -0.2) is 31.7 Å².